The van der Waals surface area contributed by atoms with Crippen LogP contribution in [0.5, 0.6) is 0 Å². The molecule has 192 valence electrons. The molecule has 13 heteroatoms. The zero-order chi connectivity index (χ0) is 26.0. The molecule has 1 fully saturated rings. The van der Waals surface area contributed by atoms with Crippen LogP contribution in [0.25, 0.3) is 10.6 Å². The van der Waals surface area contributed by atoms with Crippen LogP contribution < -0.4 is 5.32 Å². The molecule has 1 aromatic carbocycles. The van der Waals surface area contributed by atoms with Crippen LogP contribution in [0.4, 0.5) is 13.2 Å². The molecule has 1 aliphatic rings. The highest BCUT2D eigenvalue weighted by molar-refractivity contribution is 7.89. The first-order chi connectivity index (χ1) is 17.0. The van der Waals surface area contributed by atoms with Crippen LogP contribution in [0.15, 0.2) is 41.7 Å². The SMILES string of the molecule is Cc1cnc(-c2cc(C(=O)N[C@H](C)c3cnc(C(F)(F)F)nc3)cc([S+]([O-])N3CCN(C)CC3)c2)s1. The number of likely N-dealkylation sites (N-methyl/N-ethyl adjacent to an activating group) is 1. The van der Waals surface area contributed by atoms with Gasteiger partial charge < -0.3 is 14.8 Å². The van der Waals surface area contributed by atoms with Gasteiger partial charge in [-0.3, -0.25) is 4.79 Å². The van der Waals surface area contributed by atoms with Crippen LogP contribution in [-0.4, -0.2) is 67.8 Å². The maximum absolute atomic E-state index is 13.4. The normalized spacial score (nSPS) is 17.1. The van der Waals surface area contributed by atoms with Crippen molar-refractivity contribution in [3.05, 3.63) is 58.6 Å². The Morgan fingerprint density at radius 1 is 1.11 bits per heavy atom. The second kappa shape index (κ2) is 10.8. The number of halogens is 3. The predicted molar refractivity (Wildman–Crippen MR) is 131 cm³/mol. The van der Waals surface area contributed by atoms with Gasteiger partial charge >= 0.3 is 6.18 Å². The van der Waals surface area contributed by atoms with Gasteiger partial charge in [-0.15, -0.1) is 15.6 Å². The molecule has 36 heavy (non-hydrogen) atoms. The van der Waals surface area contributed by atoms with Crippen molar-refractivity contribution in [1.82, 2.24) is 29.5 Å². The molecule has 0 radical (unpaired) electrons. The number of aromatic nitrogens is 3. The maximum atomic E-state index is 13.4. The second-order valence-electron chi connectivity index (χ2n) is 8.54. The third-order valence-corrected chi connectivity index (χ3v) is 8.14. The predicted octanol–water partition coefficient (Wildman–Crippen LogP) is 3.69. The zero-order valence-corrected chi connectivity index (χ0v) is 21.5. The molecule has 1 amide bonds. The summed E-state index contributed by atoms with van der Waals surface area (Å²) >= 11 is -0.0106. The van der Waals surface area contributed by atoms with Gasteiger partial charge in [-0.25, -0.2) is 15.0 Å². The Hall–Kier alpha value is -2.58. The molecule has 3 heterocycles. The zero-order valence-electron chi connectivity index (χ0n) is 19.9. The lowest BCUT2D eigenvalue weighted by Gasteiger charge is -2.32. The number of benzene rings is 1. The number of nitrogens with zero attached hydrogens (tertiary/aromatic N) is 5. The van der Waals surface area contributed by atoms with Crippen molar-refractivity contribution in [2.75, 3.05) is 33.2 Å². The summed E-state index contributed by atoms with van der Waals surface area (Å²) in [5.41, 5.74) is 1.27. The number of carbonyl (C=O) groups excluding carboxylic acids is 1. The van der Waals surface area contributed by atoms with Crippen LogP contribution in [-0.2, 0) is 17.5 Å². The van der Waals surface area contributed by atoms with Gasteiger partial charge in [0.15, 0.2) is 4.90 Å². The number of alkyl halides is 3. The molecule has 1 N–H and O–H groups in total. The van der Waals surface area contributed by atoms with Gasteiger partial charge in [0.2, 0.25) is 5.82 Å². The number of hydrogen-bond donors (Lipinski definition) is 1. The topological polar surface area (TPSA) is 97.3 Å². The monoisotopic (exact) mass is 538 g/mol. The van der Waals surface area contributed by atoms with Crippen LogP contribution in [0.3, 0.4) is 0 Å². The van der Waals surface area contributed by atoms with Crippen LogP contribution in [0.1, 0.15) is 39.6 Å². The largest absolute Gasteiger partial charge is 0.593 e. The highest BCUT2D eigenvalue weighted by Crippen LogP contribution is 2.30. The van der Waals surface area contributed by atoms with E-state index in [1.54, 1.807) is 31.3 Å². The first-order valence-corrected chi connectivity index (χ1v) is 13.1. The first kappa shape index (κ1) is 26.5. The number of nitrogens with one attached hydrogen (secondary N) is 1. The Bertz CT molecular complexity index is 1210. The Labute approximate surface area is 213 Å². The molecule has 4 rings (SSSR count). The smallest absolute Gasteiger partial charge is 0.451 e. The molecule has 1 unspecified atom stereocenters. The van der Waals surface area contributed by atoms with Gasteiger partial charge in [0, 0.05) is 65.4 Å². The van der Waals surface area contributed by atoms with E-state index in [-0.39, 0.29) is 5.56 Å². The fraction of sp³-hybridized carbons (Fsp3) is 0.391. The molecular weight excluding hydrogens is 513 g/mol. The molecule has 0 spiro atoms. The van der Waals surface area contributed by atoms with E-state index < -0.39 is 35.3 Å². The Morgan fingerprint density at radius 3 is 2.36 bits per heavy atom. The van der Waals surface area contributed by atoms with E-state index in [9.17, 15) is 22.5 Å². The summed E-state index contributed by atoms with van der Waals surface area (Å²) in [6.07, 6.45) is -0.821. The van der Waals surface area contributed by atoms with Gasteiger partial charge in [-0.1, -0.05) is 0 Å². The summed E-state index contributed by atoms with van der Waals surface area (Å²) in [4.78, 5) is 27.9. The molecule has 1 saturated heterocycles. The van der Waals surface area contributed by atoms with Crippen LogP contribution >= 0.6 is 11.3 Å². The number of carbonyl (C=O) groups is 1. The molecule has 0 bridgehead atoms. The standard InChI is InChI=1S/C23H25F3N6O2S2/c1-14-11-27-21(35-14)17-8-16(9-19(10-17)36(34)32-6-4-31(3)5-7-32)20(33)30-15(2)18-12-28-22(29-13-18)23(24,25)26/h8-13,15H,4-7H2,1-3H3,(H,30,33)/t15-,36?/m1/s1. The lowest BCUT2D eigenvalue weighted by molar-refractivity contribution is -0.145. The number of amides is 1. The van der Waals surface area contributed by atoms with Crippen molar-refractivity contribution in [3.8, 4) is 10.6 Å². The fourth-order valence-electron chi connectivity index (χ4n) is 3.62. The molecule has 2 aromatic heterocycles. The second-order valence-corrected chi connectivity index (χ2v) is 11.3. The average molecular weight is 539 g/mol. The summed E-state index contributed by atoms with van der Waals surface area (Å²) < 4.78 is 53.5. The van der Waals surface area contributed by atoms with Crippen molar-refractivity contribution in [3.63, 3.8) is 0 Å². The highest BCUT2D eigenvalue weighted by Gasteiger charge is 2.34. The van der Waals surface area contributed by atoms with Gasteiger partial charge in [0.05, 0.1) is 30.5 Å². The van der Waals surface area contributed by atoms with Gasteiger partial charge in [-0.05, 0) is 27.0 Å². The number of rotatable bonds is 6. The first-order valence-electron chi connectivity index (χ1n) is 11.1. The Balaban J connectivity index is 1.59. The summed E-state index contributed by atoms with van der Waals surface area (Å²) in [7, 11) is 2.01. The van der Waals surface area contributed by atoms with Gasteiger partial charge in [0.1, 0.15) is 5.01 Å². The van der Waals surface area contributed by atoms with Crippen molar-refractivity contribution in [1.29, 1.82) is 0 Å². The molecule has 0 saturated carbocycles. The molecule has 8 nitrogen and oxygen atoms in total. The van der Waals surface area contributed by atoms with E-state index in [0.717, 1.165) is 30.4 Å². The molecule has 1 aliphatic heterocycles. The molecule has 3 aromatic rings. The van der Waals surface area contributed by atoms with Gasteiger partial charge in [-0.2, -0.15) is 13.2 Å². The van der Waals surface area contributed by atoms with Crippen molar-refractivity contribution in [2.45, 2.75) is 31.0 Å². The van der Waals surface area contributed by atoms with E-state index in [1.807, 2.05) is 18.3 Å². The van der Waals surface area contributed by atoms with Crippen molar-refractivity contribution >= 4 is 28.6 Å². The lowest BCUT2D eigenvalue weighted by Crippen LogP contribution is -2.47. The number of piperazine rings is 1. The number of hydrogen-bond acceptors (Lipinski definition) is 8. The van der Waals surface area contributed by atoms with Gasteiger partial charge in [0.25, 0.3) is 5.91 Å². The fourth-order valence-corrected chi connectivity index (χ4v) is 5.62. The summed E-state index contributed by atoms with van der Waals surface area (Å²) in [6.45, 7) is 6.40. The summed E-state index contributed by atoms with van der Waals surface area (Å²) in [5, 5.41) is 3.47. The van der Waals surface area contributed by atoms with Crippen molar-refractivity contribution < 1.29 is 22.5 Å². The minimum atomic E-state index is -4.64. The number of thiazole rings is 1. The van der Waals surface area contributed by atoms with E-state index >= 15 is 0 Å². The van der Waals surface area contributed by atoms with Crippen molar-refractivity contribution in [2.24, 2.45) is 0 Å². The highest BCUT2D eigenvalue weighted by atomic mass is 32.2. The molecule has 2 atom stereocenters. The quantitative estimate of drug-likeness (QED) is 0.478. The summed E-state index contributed by atoms with van der Waals surface area (Å²) in [6, 6.07) is 4.39. The molecular formula is C23H25F3N6O2S2. The van der Waals surface area contributed by atoms with E-state index in [4.69, 9.17) is 0 Å². The number of aryl methyl sites for hydroxylation is 1. The maximum Gasteiger partial charge on any atom is 0.451 e. The minimum Gasteiger partial charge on any atom is -0.593 e. The Kier molecular flexibility index (Phi) is 7.95. The van der Waals surface area contributed by atoms with E-state index in [2.05, 4.69) is 25.2 Å². The minimum absolute atomic E-state index is 0.275. The summed E-state index contributed by atoms with van der Waals surface area (Å²) in [5.74, 6) is -1.71. The van der Waals surface area contributed by atoms with E-state index in [1.165, 1.54) is 11.3 Å². The van der Waals surface area contributed by atoms with Crippen LogP contribution in [0.2, 0.25) is 0 Å². The molecule has 0 aliphatic carbocycles. The average Bonchev–Trinajstić information content (AvgIpc) is 3.29. The lowest BCUT2D eigenvalue weighted by atomic mass is 10.1. The third kappa shape index (κ3) is 6.21. The van der Waals surface area contributed by atoms with E-state index in [0.29, 0.717) is 34.1 Å². The Morgan fingerprint density at radius 2 is 1.78 bits per heavy atom. The van der Waals surface area contributed by atoms with Crippen LogP contribution in [0, 0.1) is 6.92 Å². The third-order valence-electron chi connectivity index (χ3n) is 5.71.